The molecule has 1 aromatic carbocycles. The molecule has 78 valence electrons. The van der Waals surface area contributed by atoms with Crippen molar-refractivity contribution in [2.24, 2.45) is 5.41 Å². The summed E-state index contributed by atoms with van der Waals surface area (Å²) in [7, 11) is 0. The Morgan fingerprint density at radius 1 is 1.40 bits per heavy atom. The summed E-state index contributed by atoms with van der Waals surface area (Å²) in [5.41, 5.74) is 0.625. The molecule has 1 N–H and O–H groups in total. The topological polar surface area (TPSA) is 45.0 Å². The van der Waals surface area contributed by atoms with Gasteiger partial charge in [0.25, 0.3) is 0 Å². The molecular formula is C11H11ClN2O. The van der Waals surface area contributed by atoms with Crippen molar-refractivity contribution in [3.8, 4) is 6.07 Å². The van der Waals surface area contributed by atoms with Crippen LogP contribution in [0.5, 0.6) is 0 Å². The highest BCUT2D eigenvalue weighted by Crippen LogP contribution is 2.27. The van der Waals surface area contributed by atoms with Crippen molar-refractivity contribution in [3.05, 3.63) is 29.3 Å². The van der Waals surface area contributed by atoms with Crippen LogP contribution in [-0.2, 0) is 4.74 Å². The zero-order chi connectivity index (χ0) is 10.7. The van der Waals surface area contributed by atoms with Crippen molar-refractivity contribution in [2.45, 2.75) is 0 Å². The Hall–Kier alpha value is -1.24. The third kappa shape index (κ3) is 2.23. The van der Waals surface area contributed by atoms with Crippen molar-refractivity contribution in [3.63, 3.8) is 0 Å². The van der Waals surface area contributed by atoms with E-state index in [4.69, 9.17) is 21.6 Å². The lowest BCUT2D eigenvalue weighted by Gasteiger charge is -2.35. The highest BCUT2D eigenvalue weighted by molar-refractivity contribution is 6.30. The monoisotopic (exact) mass is 222 g/mol. The molecule has 1 fully saturated rings. The van der Waals surface area contributed by atoms with Crippen molar-refractivity contribution in [2.75, 3.05) is 25.1 Å². The lowest BCUT2D eigenvalue weighted by Crippen LogP contribution is -2.46. The first-order valence-electron chi connectivity index (χ1n) is 4.73. The molecule has 0 aromatic heterocycles. The summed E-state index contributed by atoms with van der Waals surface area (Å²) in [5.74, 6) is 0. The summed E-state index contributed by atoms with van der Waals surface area (Å²) in [6.07, 6.45) is 0. The fourth-order valence-corrected chi connectivity index (χ4v) is 1.52. The minimum Gasteiger partial charge on any atom is -0.383 e. The van der Waals surface area contributed by atoms with Crippen LogP contribution in [0, 0.1) is 16.7 Å². The summed E-state index contributed by atoms with van der Waals surface area (Å²) in [6.45, 7) is 1.65. The highest BCUT2D eigenvalue weighted by Gasteiger charge is 2.38. The molecule has 15 heavy (non-hydrogen) atoms. The molecule has 0 atom stereocenters. The average molecular weight is 223 g/mol. The highest BCUT2D eigenvalue weighted by atomic mass is 35.5. The quantitative estimate of drug-likeness (QED) is 0.854. The Labute approximate surface area is 93.6 Å². The number of rotatable bonds is 3. The molecule has 0 unspecified atom stereocenters. The summed E-state index contributed by atoms with van der Waals surface area (Å²) in [4.78, 5) is 0. The maximum Gasteiger partial charge on any atom is 0.121 e. The predicted octanol–water partition coefficient (Wildman–Crippen LogP) is 2.29. The largest absolute Gasteiger partial charge is 0.383 e. The molecule has 1 heterocycles. The van der Waals surface area contributed by atoms with Gasteiger partial charge in [-0.25, -0.2) is 0 Å². The average Bonchev–Trinajstić information content (AvgIpc) is 2.20. The maximum absolute atomic E-state index is 8.97. The van der Waals surface area contributed by atoms with Crippen molar-refractivity contribution >= 4 is 17.3 Å². The van der Waals surface area contributed by atoms with Crippen LogP contribution >= 0.6 is 11.6 Å². The molecule has 1 aromatic rings. The van der Waals surface area contributed by atoms with E-state index in [1.807, 2.05) is 24.3 Å². The Morgan fingerprint density at radius 2 is 2.07 bits per heavy atom. The molecule has 0 aliphatic carbocycles. The Morgan fingerprint density at radius 3 is 2.53 bits per heavy atom. The van der Waals surface area contributed by atoms with E-state index in [9.17, 15) is 0 Å². The van der Waals surface area contributed by atoms with Crippen molar-refractivity contribution in [1.82, 2.24) is 0 Å². The Kier molecular flexibility index (Phi) is 2.81. The third-order valence-electron chi connectivity index (χ3n) is 2.47. The van der Waals surface area contributed by atoms with E-state index in [1.54, 1.807) is 0 Å². The van der Waals surface area contributed by atoms with Crippen LogP contribution in [0.15, 0.2) is 24.3 Å². The van der Waals surface area contributed by atoms with Crippen molar-refractivity contribution < 1.29 is 4.74 Å². The maximum atomic E-state index is 8.97. The lowest BCUT2D eigenvalue weighted by molar-refractivity contribution is -0.0690. The second kappa shape index (κ2) is 4.09. The van der Waals surface area contributed by atoms with Crippen LogP contribution in [-0.4, -0.2) is 19.8 Å². The number of hydrogen-bond acceptors (Lipinski definition) is 3. The normalized spacial score (nSPS) is 17.6. The summed E-state index contributed by atoms with van der Waals surface area (Å²) >= 11 is 5.77. The van der Waals surface area contributed by atoms with Gasteiger partial charge in [-0.1, -0.05) is 11.6 Å². The molecule has 0 bridgehead atoms. The van der Waals surface area contributed by atoms with E-state index in [0.717, 1.165) is 5.69 Å². The molecule has 0 spiro atoms. The van der Waals surface area contributed by atoms with E-state index in [-0.39, 0.29) is 5.41 Å². The molecule has 0 saturated carbocycles. The zero-order valence-electron chi connectivity index (χ0n) is 8.16. The summed E-state index contributed by atoms with van der Waals surface area (Å²) < 4.78 is 5.05. The number of benzene rings is 1. The van der Waals surface area contributed by atoms with Gasteiger partial charge in [-0.15, -0.1) is 0 Å². The second-order valence-electron chi connectivity index (χ2n) is 3.75. The van der Waals surface area contributed by atoms with E-state index >= 15 is 0 Å². The van der Waals surface area contributed by atoms with Crippen LogP contribution in [0.3, 0.4) is 0 Å². The number of anilines is 1. The van der Waals surface area contributed by atoms with Crippen LogP contribution in [0.1, 0.15) is 0 Å². The molecule has 3 nitrogen and oxygen atoms in total. The number of nitrogens with one attached hydrogen (secondary N) is 1. The summed E-state index contributed by atoms with van der Waals surface area (Å²) in [6, 6.07) is 9.71. The van der Waals surface area contributed by atoms with Crippen LogP contribution < -0.4 is 5.32 Å². The molecule has 0 radical (unpaired) electrons. The van der Waals surface area contributed by atoms with Crippen LogP contribution in [0.4, 0.5) is 5.69 Å². The molecule has 1 saturated heterocycles. The first kappa shape index (κ1) is 10.3. The van der Waals surface area contributed by atoms with Gasteiger partial charge in [-0.05, 0) is 24.3 Å². The van der Waals surface area contributed by atoms with Crippen LogP contribution in [0.25, 0.3) is 0 Å². The van der Waals surface area contributed by atoms with E-state index in [2.05, 4.69) is 11.4 Å². The van der Waals surface area contributed by atoms with Gasteiger partial charge in [0.05, 0.1) is 19.3 Å². The second-order valence-corrected chi connectivity index (χ2v) is 4.18. The van der Waals surface area contributed by atoms with E-state index in [0.29, 0.717) is 24.8 Å². The fourth-order valence-electron chi connectivity index (χ4n) is 1.39. The zero-order valence-corrected chi connectivity index (χ0v) is 8.92. The van der Waals surface area contributed by atoms with Gasteiger partial charge < -0.3 is 10.1 Å². The number of nitrogens with zero attached hydrogens (tertiary/aromatic N) is 1. The molecule has 1 aliphatic rings. The van der Waals surface area contributed by atoms with Gasteiger partial charge >= 0.3 is 0 Å². The minimum absolute atomic E-state index is 0.348. The molecular weight excluding hydrogens is 212 g/mol. The number of halogens is 1. The van der Waals surface area contributed by atoms with Gasteiger partial charge in [0.2, 0.25) is 0 Å². The third-order valence-corrected chi connectivity index (χ3v) is 2.72. The number of nitriles is 1. The van der Waals surface area contributed by atoms with E-state index < -0.39 is 0 Å². The molecule has 2 rings (SSSR count). The fraction of sp³-hybridized carbons (Fsp3) is 0.364. The smallest absolute Gasteiger partial charge is 0.121 e. The van der Waals surface area contributed by atoms with Gasteiger partial charge in [0, 0.05) is 17.3 Å². The lowest BCUT2D eigenvalue weighted by atomic mass is 9.88. The molecule has 1 aliphatic heterocycles. The first-order chi connectivity index (χ1) is 7.24. The Bertz CT molecular complexity index is 379. The number of hydrogen-bond donors (Lipinski definition) is 1. The molecule has 4 heteroatoms. The van der Waals surface area contributed by atoms with Gasteiger partial charge in [0.15, 0.2) is 0 Å². The SMILES string of the molecule is N#CC1(CNc2ccc(Cl)cc2)COC1. The van der Waals surface area contributed by atoms with Crippen molar-refractivity contribution in [1.29, 1.82) is 5.26 Å². The van der Waals surface area contributed by atoms with Crippen LogP contribution in [0.2, 0.25) is 5.02 Å². The molecule has 0 amide bonds. The summed E-state index contributed by atoms with van der Waals surface area (Å²) in [5, 5.41) is 12.9. The van der Waals surface area contributed by atoms with Gasteiger partial charge in [-0.3, -0.25) is 0 Å². The van der Waals surface area contributed by atoms with Gasteiger partial charge in [0.1, 0.15) is 5.41 Å². The Balaban J connectivity index is 1.93. The minimum atomic E-state index is -0.348. The predicted molar refractivity (Wildman–Crippen MR) is 58.8 cm³/mol. The van der Waals surface area contributed by atoms with Gasteiger partial charge in [-0.2, -0.15) is 5.26 Å². The first-order valence-corrected chi connectivity index (χ1v) is 5.10. The number of ether oxygens (including phenoxy) is 1. The van der Waals surface area contributed by atoms with E-state index in [1.165, 1.54) is 0 Å². The standard InChI is InChI=1S/C11H11ClN2O/c12-9-1-3-10(4-2-9)14-6-11(5-13)7-15-8-11/h1-4,14H,6-8H2.